The summed E-state index contributed by atoms with van der Waals surface area (Å²) in [6.07, 6.45) is -0.312. The minimum absolute atomic E-state index is 0.190. The second kappa shape index (κ2) is 6.91. The topological polar surface area (TPSA) is 59.1 Å². The molecule has 0 N–H and O–H groups in total. The second-order valence-corrected chi connectivity index (χ2v) is 8.43. The highest BCUT2D eigenvalue weighted by molar-refractivity contribution is 5.76. The van der Waals surface area contributed by atoms with Gasteiger partial charge in [-0.25, -0.2) is 4.79 Å². The number of hydrogen-bond acceptors (Lipinski definition) is 5. The molecule has 142 valence electrons. The average molecular weight is 360 g/mol. The molecule has 1 amide bonds. The molecule has 0 aliphatic carbocycles. The molecule has 2 aliphatic rings. The van der Waals surface area contributed by atoms with Crippen LogP contribution >= 0.6 is 0 Å². The van der Waals surface area contributed by atoms with Crippen LogP contribution in [-0.4, -0.2) is 60.8 Å². The van der Waals surface area contributed by atoms with Crippen LogP contribution in [-0.2, 0) is 20.8 Å². The van der Waals surface area contributed by atoms with E-state index in [4.69, 9.17) is 9.47 Å². The molecule has 1 aromatic rings. The normalized spacial score (nSPS) is 22.2. The molecule has 0 aromatic heterocycles. The minimum Gasteiger partial charge on any atom is -0.469 e. The van der Waals surface area contributed by atoms with E-state index in [-0.39, 0.29) is 23.4 Å². The van der Waals surface area contributed by atoms with Gasteiger partial charge in [-0.05, 0) is 26.3 Å². The Balaban J connectivity index is 1.67. The summed E-state index contributed by atoms with van der Waals surface area (Å²) in [7, 11) is 1.43. The molecule has 1 spiro atoms. The lowest BCUT2D eigenvalue weighted by atomic mass is 9.71. The maximum Gasteiger partial charge on any atom is 0.410 e. The Labute approximate surface area is 155 Å². The van der Waals surface area contributed by atoms with E-state index < -0.39 is 5.60 Å². The Morgan fingerprint density at radius 2 is 1.81 bits per heavy atom. The summed E-state index contributed by atoms with van der Waals surface area (Å²) in [5.74, 6) is -0.403. The molecule has 1 atom stereocenters. The lowest BCUT2D eigenvalue weighted by molar-refractivity contribution is -0.153. The van der Waals surface area contributed by atoms with Gasteiger partial charge in [0.25, 0.3) is 0 Å². The van der Waals surface area contributed by atoms with E-state index in [1.807, 2.05) is 39.0 Å². The molecule has 2 fully saturated rings. The molecular weight excluding hydrogens is 332 g/mol. The number of carbonyl (C=O) groups is 2. The van der Waals surface area contributed by atoms with Crippen molar-refractivity contribution < 1.29 is 19.1 Å². The Bertz CT molecular complexity index is 662. The Hall–Kier alpha value is -2.08. The van der Waals surface area contributed by atoms with Crippen molar-refractivity contribution in [2.45, 2.75) is 32.9 Å². The Morgan fingerprint density at radius 3 is 2.38 bits per heavy atom. The largest absolute Gasteiger partial charge is 0.469 e. The van der Waals surface area contributed by atoms with Crippen LogP contribution in [0.4, 0.5) is 4.79 Å². The Morgan fingerprint density at radius 1 is 1.15 bits per heavy atom. The fourth-order valence-corrected chi connectivity index (χ4v) is 3.99. The molecule has 1 aromatic carbocycles. The zero-order valence-electron chi connectivity index (χ0n) is 16.0. The van der Waals surface area contributed by atoms with E-state index in [1.165, 1.54) is 12.7 Å². The molecule has 0 radical (unpaired) electrons. The zero-order valence-corrected chi connectivity index (χ0v) is 16.0. The summed E-state index contributed by atoms with van der Waals surface area (Å²) in [4.78, 5) is 28.6. The van der Waals surface area contributed by atoms with Gasteiger partial charge in [-0.1, -0.05) is 30.3 Å². The number of nitrogens with zero attached hydrogens (tertiary/aromatic N) is 2. The summed E-state index contributed by atoms with van der Waals surface area (Å²) in [6.45, 7) is 8.87. The van der Waals surface area contributed by atoms with Crippen LogP contribution in [0.5, 0.6) is 0 Å². The first-order valence-electron chi connectivity index (χ1n) is 9.04. The molecule has 2 aliphatic heterocycles. The lowest BCUT2D eigenvalue weighted by Crippen LogP contribution is -2.63. The first-order valence-corrected chi connectivity index (χ1v) is 9.04. The number of methoxy groups -OCH3 is 1. The quantitative estimate of drug-likeness (QED) is 0.775. The number of benzene rings is 1. The van der Waals surface area contributed by atoms with E-state index in [9.17, 15) is 9.59 Å². The predicted octanol–water partition coefficient (Wildman–Crippen LogP) is 2.53. The molecule has 0 saturated carbocycles. The van der Waals surface area contributed by atoms with Crippen molar-refractivity contribution >= 4 is 12.1 Å². The van der Waals surface area contributed by atoms with Crippen LogP contribution in [0.3, 0.4) is 0 Å². The Kier molecular flexibility index (Phi) is 4.97. The number of hydrogen-bond donors (Lipinski definition) is 0. The second-order valence-electron chi connectivity index (χ2n) is 8.43. The highest BCUT2D eigenvalue weighted by Crippen LogP contribution is 2.45. The molecule has 6 nitrogen and oxygen atoms in total. The molecular formula is C20H28N2O4. The predicted molar refractivity (Wildman–Crippen MR) is 97.5 cm³/mol. The summed E-state index contributed by atoms with van der Waals surface area (Å²) in [5.41, 5.74) is 0.464. The van der Waals surface area contributed by atoms with Crippen molar-refractivity contribution in [1.82, 2.24) is 9.80 Å². The van der Waals surface area contributed by atoms with Gasteiger partial charge in [0.1, 0.15) is 5.60 Å². The molecule has 6 heteroatoms. The van der Waals surface area contributed by atoms with Gasteiger partial charge in [-0.2, -0.15) is 0 Å². The number of amides is 1. The zero-order chi connectivity index (χ0) is 18.9. The summed E-state index contributed by atoms with van der Waals surface area (Å²) < 4.78 is 10.5. The summed E-state index contributed by atoms with van der Waals surface area (Å²) in [6, 6.07) is 10.2. The van der Waals surface area contributed by atoms with Crippen molar-refractivity contribution in [2.24, 2.45) is 11.3 Å². The third-order valence-electron chi connectivity index (χ3n) is 5.12. The average Bonchev–Trinajstić information content (AvgIpc) is 2.91. The van der Waals surface area contributed by atoms with Gasteiger partial charge in [-0.15, -0.1) is 0 Å². The van der Waals surface area contributed by atoms with Gasteiger partial charge < -0.3 is 14.4 Å². The highest BCUT2D eigenvalue weighted by Gasteiger charge is 2.58. The number of ether oxygens (including phenoxy) is 2. The standard InChI is InChI=1S/C20H28N2O4/c1-19(2,3)26-18(24)22-13-20(14-22)12-21(11-16(20)17(23)25-4)10-15-8-6-5-7-9-15/h5-9,16H,10-14H2,1-4H3. The van der Waals surface area contributed by atoms with Crippen LogP contribution < -0.4 is 0 Å². The maximum atomic E-state index is 12.3. The van der Waals surface area contributed by atoms with E-state index in [0.29, 0.717) is 19.6 Å². The number of carbonyl (C=O) groups excluding carboxylic acids is 2. The monoisotopic (exact) mass is 360 g/mol. The first kappa shape index (κ1) is 18.7. The van der Waals surface area contributed by atoms with E-state index >= 15 is 0 Å². The molecule has 2 heterocycles. The maximum absolute atomic E-state index is 12.3. The van der Waals surface area contributed by atoms with Crippen LogP contribution in [0, 0.1) is 11.3 Å². The van der Waals surface area contributed by atoms with Gasteiger partial charge in [0.05, 0.1) is 13.0 Å². The van der Waals surface area contributed by atoms with Gasteiger partial charge >= 0.3 is 12.1 Å². The van der Waals surface area contributed by atoms with Crippen LogP contribution in [0.15, 0.2) is 30.3 Å². The molecule has 0 bridgehead atoms. The third kappa shape index (κ3) is 3.85. The third-order valence-corrected chi connectivity index (χ3v) is 5.12. The van der Waals surface area contributed by atoms with Crippen LogP contribution in [0.2, 0.25) is 0 Å². The molecule has 3 rings (SSSR count). The van der Waals surface area contributed by atoms with Crippen molar-refractivity contribution in [3.63, 3.8) is 0 Å². The first-order chi connectivity index (χ1) is 12.2. The molecule has 1 unspecified atom stereocenters. The fraction of sp³-hybridized carbons (Fsp3) is 0.600. The smallest absolute Gasteiger partial charge is 0.410 e. The summed E-state index contributed by atoms with van der Waals surface area (Å²) >= 11 is 0. The van der Waals surface area contributed by atoms with Crippen molar-refractivity contribution in [3.8, 4) is 0 Å². The van der Waals surface area contributed by atoms with Gasteiger partial charge in [-0.3, -0.25) is 9.69 Å². The van der Waals surface area contributed by atoms with E-state index in [1.54, 1.807) is 4.90 Å². The van der Waals surface area contributed by atoms with Crippen molar-refractivity contribution in [1.29, 1.82) is 0 Å². The van der Waals surface area contributed by atoms with Crippen molar-refractivity contribution in [3.05, 3.63) is 35.9 Å². The van der Waals surface area contributed by atoms with Gasteiger partial charge in [0.2, 0.25) is 0 Å². The van der Waals surface area contributed by atoms with Crippen molar-refractivity contribution in [2.75, 3.05) is 33.3 Å². The van der Waals surface area contributed by atoms with Crippen LogP contribution in [0.1, 0.15) is 26.3 Å². The highest BCUT2D eigenvalue weighted by atomic mass is 16.6. The summed E-state index contributed by atoms with van der Waals surface area (Å²) in [5, 5.41) is 0. The minimum atomic E-state index is -0.517. The van der Waals surface area contributed by atoms with Crippen LogP contribution in [0.25, 0.3) is 0 Å². The number of rotatable bonds is 3. The number of esters is 1. The van der Waals surface area contributed by atoms with Gasteiger partial charge in [0, 0.05) is 38.1 Å². The van der Waals surface area contributed by atoms with E-state index in [2.05, 4.69) is 17.0 Å². The lowest BCUT2D eigenvalue weighted by Gasteiger charge is -2.49. The number of likely N-dealkylation sites (tertiary alicyclic amines) is 2. The van der Waals surface area contributed by atoms with Gasteiger partial charge in [0.15, 0.2) is 0 Å². The SMILES string of the molecule is COC(=O)C1CN(Cc2ccccc2)CC12CN(C(=O)OC(C)(C)C)C2. The molecule has 2 saturated heterocycles. The van der Waals surface area contributed by atoms with E-state index in [0.717, 1.165) is 13.1 Å². The molecule has 26 heavy (non-hydrogen) atoms. The fourth-order valence-electron chi connectivity index (χ4n) is 3.99.